The molecule has 1 saturated heterocycles. The number of carbonyl (C=O) groups is 1. The van der Waals surface area contributed by atoms with Gasteiger partial charge in [0, 0.05) is 74.1 Å². The number of carboxylic acid groups (broad SMARTS) is 1. The predicted octanol–water partition coefficient (Wildman–Crippen LogP) is 2.47. The standard InChI is InChI=1S/C22H20N8O2/c1-27-13-18(12-25-27)16-8-19(21-17(9-23)11-26-30(21)14-16)15-2-3-20(24-10-15)28-4-6-29(7-5-28)22(31)32/h2-3,8,10-14H,4-7H2,1H3,(H,31,32). The molecule has 0 aliphatic carbocycles. The summed E-state index contributed by atoms with van der Waals surface area (Å²) < 4.78 is 3.46. The van der Waals surface area contributed by atoms with Crippen molar-refractivity contribution in [1.82, 2.24) is 29.3 Å². The molecule has 1 amide bonds. The van der Waals surface area contributed by atoms with Gasteiger partial charge in [0.1, 0.15) is 11.9 Å². The minimum atomic E-state index is -0.889. The summed E-state index contributed by atoms with van der Waals surface area (Å²) in [6, 6.07) is 8.15. The highest BCUT2D eigenvalue weighted by molar-refractivity contribution is 5.87. The first-order valence-corrected chi connectivity index (χ1v) is 10.1. The van der Waals surface area contributed by atoms with Crippen molar-refractivity contribution in [3.05, 3.63) is 54.7 Å². The van der Waals surface area contributed by atoms with Crippen LogP contribution in [0, 0.1) is 11.3 Å². The summed E-state index contributed by atoms with van der Waals surface area (Å²) in [6.07, 6.45) is 8.07. The number of pyridine rings is 2. The molecule has 0 unspecified atom stereocenters. The Morgan fingerprint density at radius 3 is 2.47 bits per heavy atom. The van der Waals surface area contributed by atoms with Gasteiger partial charge in [0.15, 0.2) is 0 Å². The van der Waals surface area contributed by atoms with Crippen molar-refractivity contribution >= 4 is 17.4 Å². The number of aryl methyl sites for hydroxylation is 1. The van der Waals surface area contributed by atoms with E-state index in [4.69, 9.17) is 5.11 Å². The maximum Gasteiger partial charge on any atom is 0.407 e. The molecule has 4 aromatic heterocycles. The van der Waals surface area contributed by atoms with E-state index in [0.717, 1.165) is 33.6 Å². The maximum absolute atomic E-state index is 11.1. The van der Waals surface area contributed by atoms with E-state index >= 15 is 0 Å². The van der Waals surface area contributed by atoms with Crippen molar-refractivity contribution in [3.63, 3.8) is 0 Å². The molecule has 0 radical (unpaired) electrons. The average Bonchev–Trinajstić information content (AvgIpc) is 3.44. The maximum atomic E-state index is 11.1. The molecule has 5 heterocycles. The van der Waals surface area contributed by atoms with Gasteiger partial charge in [-0.1, -0.05) is 0 Å². The van der Waals surface area contributed by atoms with Gasteiger partial charge in [-0.2, -0.15) is 15.5 Å². The minimum Gasteiger partial charge on any atom is -0.465 e. The molecule has 160 valence electrons. The number of nitriles is 1. The molecule has 1 N–H and O–H groups in total. The lowest BCUT2D eigenvalue weighted by Crippen LogP contribution is -2.48. The highest BCUT2D eigenvalue weighted by Gasteiger charge is 2.21. The monoisotopic (exact) mass is 428 g/mol. The van der Waals surface area contributed by atoms with Gasteiger partial charge in [-0.3, -0.25) is 4.68 Å². The Labute approximate surface area is 183 Å². The molecule has 10 heteroatoms. The Morgan fingerprint density at radius 2 is 1.84 bits per heavy atom. The molecule has 32 heavy (non-hydrogen) atoms. The van der Waals surface area contributed by atoms with E-state index in [0.29, 0.717) is 31.7 Å². The van der Waals surface area contributed by atoms with E-state index in [2.05, 4.69) is 26.2 Å². The second-order valence-electron chi connectivity index (χ2n) is 7.67. The summed E-state index contributed by atoms with van der Waals surface area (Å²) in [7, 11) is 1.86. The molecule has 1 aliphatic rings. The minimum absolute atomic E-state index is 0.452. The smallest absolute Gasteiger partial charge is 0.407 e. The number of aromatic nitrogens is 5. The molecular formula is C22H20N8O2. The van der Waals surface area contributed by atoms with Crippen LogP contribution in [0.25, 0.3) is 27.8 Å². The number of rotatable bonds is 3. The Morgan fingerprint density at radius 1 is 1.03 bits per heavy atom. The van der Waals surface area contributed by atoms with E-state index < -0.39 is 6.09 Å². The number of fused-ring (bicyclic) bond motifs is 1. The van der Waals surface area contributed by atoms with Crippen LogP contribution in [0.1, 0.15) is 5.56 Å². The second-order valence-corrected chi connectivity index (χ2v) is 7.67. The third kappa shape index (κ3) is 3.39. The number of piperazine rings is 1. The van der Waals surface area contributed by atoms with Gasteiger partial charge in [0.25, 0.3) is 0 Å². The van der Waals surface area contributed by atoms with Gasteiger partial charge in [-0.05, 0) is 18.2 Å². The highest BCUT2D eigenvalue weighted by Crippen LogP contribution is 2.32. The number of anilines is 1. The van der Waals surface area contributed by atoms with E-state index in [9.17, 15) is 10.1 Å². The molecule has 0 bridgehead atoms. The van der Waals surface area contributed by atoms with Crippen molar-refractivity contribution < 1.29 is 9.90 Å². The molecule has 0 atom stereocenters. The van der Waals surface area contributed by atoms with Crippen molar-refractivity contribution in [1.29, 1.82) is 5.26 Å². The van der Waals surface area contributed by atoms with Gasteiger partial charge >= 0.3 is 6.09 Å². The van der Waals surface area contributed by atoms with Gasteiger partial charge in [0.05, 0.1) is 23.5 Å². The van der Waals surface area contributed by atoms with Crippen molar-refractivity contribution in [2.45, 2.75) is 0 Å². The fourth-order valence-electron chi connectivity index (χ4n) is 4.01. The molecule has 0 saturated carbocycles. The number of nitrogens with zero attached hydrogens (tertiary/aromatic N) is 8. The highest BCUT2D eigenvalue weighted by atomic mass is 16.4. The van der Waals surface area contributed by atoms with Gasteiger partial charge in [-0.25, -0.2) is 14.3 Å². The van der Waals surface area contributed by atoms with Crippen molar-refractivity contribution in [2.75, 3.05) is 31.1 Å². The van der Waals surface area contributed by atoms with Crippen LogP contribution in [-0.2, 0) is 7.05 Å². The molecule has 10 nitrogen and oxygen atoms in total. The quantitative estimate of drug-likeness (QED) is 0.533. The molecule has 1 fully saturated rings. The van der Waals surface area contributed by atoms with E-state index in [1.165, 1.54) is 4.90 Å². The zero-order chi connectivity index (χ0) is 22.2. The molecule has 4 aromatic rings. The van der Waals surface area contributed by atoms with E-state index in [1.54, 1.807) is 27.8 Å². The van der Waals surface area contributed by atoms with Gasteiger partial charge in [0.2, 0.25) is 0 Å². The number of amides is 1. The normalized spacial score (nSPS) is 14.0. The summed E-state index contributed by atoms with van der Waals surface area (Å²) >= 11 is 0. The zero-order valence-electron chi connectivity index (χ0n) is 17.4. The zero-order valence-corrected chi connectivity index (χ0v) is 17.4. The summed E-state index contributed by atoms with van der Waals surface area (Å²) in [4.78, 5) is 19.2. The average molecular weight is 428 g/mol. The Kier molecular flexibility index (Phi) is 4.71. The van der Waals surface area contributed by atoms with E-state index in [-0.39, 0.29) is 0 Å². The molecule has 0 spiro atoms. The van der Waals surface area contributed by atoms with Crippen LogP contribution in [0.3, 0.4) is 0 Å². The van der Waals surface area contributed by atoms with Crippen molar-refractivity contribution in [3.8, 4) is 28.3 Å². The fourth-order valence-corrected chi connectivity index (χ4v) is 4.01. The lowest BCUT2D eigenvalue weighted by Gasteiger charge is -2.33. The number of hydrogen-bond donors (Lipinski definition) is 1. The Balaban J connectivity index is 1.52. The molecule has 1 aliphatic heterocycles. The lowest BCUT2D eigenvalue weighted by molar-refractivity contribution is 0.142. The summed E-state index contributed by atoms with van der Waals surface area (Å²) in [5, 5.41) is 27.3. The van der Waals surface area contributed by atoms with Gasteiger partial charge in [-0.15, -0.1) is 0 Å². The predicted molar refractivity (Wildman–Crippen MR) is 117 cm³/mol. The first-order valence-electron chi connectivity index (χ1n) is 10.1. The molecular weight excluding hydrogens is 408 g/mol. The van der Waals surface area contributed by atoms with Crippen LogP contribution in [0.15, 0.2) is 49.2 Å². The van der Waals surface area contributed by atoms with Crippen LogP contribution >= 0.6 is 0 Å². The van der Waals surface area contributed by atoms with Gasteiger partial charge < -0.3 is 14.9 Å². The first kappa shape index (κ1) is 19.6. The summed E-state index contributed by atoms with van der Waals surface area (Å²) in [5.41, 5.74) is 4.82. The van der Waals surface area contributed by atoms with Crippen molar-refractivity contribution in [2.24, 2.45) is 7.05 Å². The van der Waals surface area contributed by atoms with E-state index in [1.807, 2.05) is 37.6 Å². The number of hydrogen-bond acceptors (Lipinski definition) is 6. The Bertz CT molecular complexity index is 1340. The lowest BCUT2D eigenvalue weighted by atomic mass is 10.0. The topological polar surface area (TPSA) is 116 Å². The third-order valence-electron chi connectivity index (χ3n) is 5.70. The fraction of sp³-hybridized carbons (Fsp3) is 0.227. The Hall–Kier alpha value is -4.39. The SMILES string of the molecule is Cn1cc(-c2cc(-c3ccc(N4CCN(C(=O)O)CC4)nc3)c3c(C#N)cnn3c2)cn1. The summed E-state index contributed by atoms with van der Waals surface area (Å²) in [6.45, 7) is 2.10. The molecule has 5 rings (SSSR count). The third-order valence-corrected chi connectivity index (χ3v) is 5.70. The van der Waals surface area contributed by atoms with Crippen LogP contribution in [0.5, 0.6) is 0 Å². The van der Waals surface area contributed by atoms with Crippen LogP contribution < -0.4 is 4.90 Å². The van der Waals surface area contributed by atoms with Crippen LogP contribution in [0.4, 0.5) is 10.6 Å². The molecule has 0 aromatic carbocycles. The summed E-state index contributed by atoms with van der Waals surface area (Å²) in [5.74, 6) is 0.798. The van der Waals surface area contributed by atoms with Crippen LogP contribution in [0.2, 0.25) is 0 Å². The largest absolute Gasteiger partial charge is 0.465 e. The van der Waals surface area contributed by atoms with Crippen LogP contribution in [-0.4, -0.2) is 66.7 Å². The second kappa shape index (κ2) is 7.70. The first-order chi connectivity index (χ1) is 15.5.